The van der Waals surface area contributed by atoms with E-state index in [-0.39, 0.29) is 18.0 Å². The molecule has 37 heavy (non-hydrogen) atoms. The van der Waals surface area contributed by atoms with Gasteiger partial charge in [0.2, 0.25) is 0 Å². The van der Waals surface area contributed by atoms with Crippen LogP contribution in [0.4, 0.5) is 10.5 Å². The molecule has 202 valence electrons. The van der Waals surface area contributed by atoms with Crippen LogP contribution in [0.1, 0.15) is 45.7 Å². The number of amides is 1. The average molecular weight is 553 g/mol. The number of carbonyl (C=O) groups excluding carboxylic acids is 2. The van der Waals surface area contributed by atoms with E-state index in [2.05, 4.69) is 10.1 Å². The van der Waals surface area contributed by atoms with Crippen molar-refractivity contribution in [3.63, 3.8) is 0 Å². The summed E-state index contributed by atoms with van der Waals surface area (Å²) in [6, 6.07) is 9.68. The summed E-state index contributed by atoms with van der Waals surface area (Å²) in [5, 5.41) is 3.84. The number of benzene rings is 2. The van der Waals surface area contributed by atoms with Gasteiger partial charge >= 0.3 is 6.09 Å². The number of hydrogen-bond donors (Lipinski definition) is 1. The Hall–Kier alpha value is -3.24. The molecule has 9 nitrogen and oxygen atoms in total. The number of alkyl carbamates (subject to hydrolysis) is 1. The van der Waals surface area contributed by atoms with Gasteiger partial charge in [-0.15, -0.1) is 0 Å². The van der Waals surface area contributed by atoms with Crippen molar-refractivity contribution in [3.8, 4) is 0 Å². The van der Waals surface area contributed by atoms with E-state index in [0.29, 0.717) is 34.9 Å². The molecule has 0 aliphatic rings. The van der Waals surface area contributed by atoms with E-state index in [9.17, 15) is 18.0 Å². The highest BCUT2D eigenvalue weighted by Gasteiger charge is 2.27. The fourth-order valence-corrected chi connectivity index (χ4v) is 5.11. The van der Waals surface area contributed by atoms with Crippen LogP contribution >= 0.6 is 11.6 Å². The molecule has 1 aromatic heterocycles. The van der Waals surface area contributed by atoms with E-state index >= 15 is 0 Å². The Morgan fingerprint density at radius 1 is 1.16 bits per heavy atom. The third-order valence-electron chi connectivity index (χ3n) is 4.98. The maximum atomic E-state index is 13.6. The number of anilines is 1. The van der Waals surface area contributed by atoms with E-state index in [0.717, 1.165) is 10.9 Å². The SMILES string of the molecule is CCN(c1ccc(Cl)cc1CNC(=O)OC(C)(C)C)S(=O)(=O)c1ccc2occ(C)c2c1.CCOC=O. The fraction of sp³-hybridized carbons (Fsp3) is 0.385. The predicted molar refractivity (Wildman–Crippen MR) is 143 cm³/mol. The zero-order chi connectivity index (χ0) is 27.8. The van der Waals surface area contributed by atoms with Crippen LogP contribution in [0.2, 0.25) is 5.02 Å². The smallest absolute Gasteiger partial charge is 0.407 e. The molecule has 0 fully saturated rings. The Morgan fingerprint density at radius 3 is 2.43 bits per heavy atom. The largest absolute Gasteiger partial charge is 0.468 e. The number of nitrogens with zero attached hydrogens (tertiary/aromatic N) is 1. The Balaban J connectivity index is 0.000000877. The van der Waals surface area contributed by atoms with Crippen molar-refractivity contribution >= 4 is 50.8 Å². The van der Waals surface area contributed by atoms with Gasteiger partial charge in [-0.05, 0) is 89.1 Å². The van der Waals surface area contributed by atoms with Crippen molar-refractivity contribution in [1.82, 2.24) is 5.32 Å². The third kappa shape index (κ3) is 8.13. The van der Waals surface area contributed by atoms with Gasteiger partial charge in [0, 0.05) is 23.5 Å². The van der Waals surface area contributed by atoms with Crippen molar-refractivity contribution in [2.24, 2.45) is 0 Å². The van der Waals surface area contributed by atoms with Gasteiger partial charge in [0.05, 0.1) is 23.5 Å². The van der Waals surface area contributed by atoms with Gasteiger partial charge in [-0.2, -0.15) is 0 Å². The molecular weight excluding hydrogens is 520 g/mol. The van der Waals surface area contributed by atoms with E-state index in [1.165, 1.54) is 10.4 Å². The zero-order valence-corrected chi connectivity index (χ0v) is 23.4. The Kier molecular flexibility index (Phi) is 10.4. The second-order valence-corrected chi connectivity index (χ2v) is 11.2. The van der Waals surface area contributed by atoms with Gasteiger partial charge in [0.25, 0.3) is 16.5 Å². The monoisotopic (exact) mass is 552 g/mol. The first-order chi connectivity index (χ1) is 17.3. The van der Waals surface area contributed by atoms with E-state index in [1.54, 1.807) is 71.2 Å². The summed E-state index contributed by atoms with van der Waals surface area (Å²) < 4.78 is 43.3. The highest BCUT2D eigenvalue weighted by molar-refractivity contribution is 7.92. The maximum Gasteiger partial charge on any atom is 0.407 e. The van der Waals surface area contributed by atoms with E-state index < -0.39 is 21.7 Å². The molecule has 2 aromatic carbocycles. The molecule has 1 heterocycles. The minimum absolute atomic E-state index is 0.0523. The summed E-state index contributed by atoms with van der Waals surface area (Å²) in [6.45, 7) is 11.8. The molecule has 0 unspecified atom stereocenters. The molecule has 0 atom stereocenters. The molecule has 0 saturated carbocycles. The molecule has 0 radical (unpaired) electrons. The van der Waals surface area contributed by atoms with Crippen molar-refractivity contribution in [3.05, 3.63) is 58.8 Å². The molecule has 11 heteroatoms. The van der Waals surface area contributed by atoms with E-state index in [1.807, 2.05) is 6.92 Å². The molecule has 0 spiro atoms. The molecule has 0 bridgehead atoms. The van der Waals surface area contributed by atoms with Gasteiger partial charge in [-0.25, -0.2) is 13.2 Å². The van der Waals surface area contributed by atoms with Crippen LogP contribution in [0.5, 0.6) is 0 Å². The van der Waals surface area contributed by atoms with Crippen LogP contribution in [0.3, 0.4) is 0 Å². The molecular formula is C26H33ClN2O7S. The van der Waals surface area contributed by atoms with E-state index in [4.69, 9.17) is 20.8 Å². The summed E-state index contributed by atoms with van der Waals surface area (Å²) >= 11 is 6.17. The number of halogens is 1. The van der Waals surface area contributed by atoms with Crippen LogP contribution in [0.25, 0.3) is 11.0 Å². The van der Waals surface area contributed by atoms with Gasteiger partial charge in [0.1, 0.15) is 11.2 Å². The molecule has 1 amide bonds. The lowest BCUT2D eigenvalue weighted by molar-refractivity contribution is -0.128. The van der Waals surface area contributed by atoms with Crippen LogP contribution in [-0.4, -0.2) is 39.7 Å². The number of fused-ring (bicyclic) bond motifs is 1. The lowest BCUT2D eigenvalue weighted by Gasteiger charge is -2.26. The standard InChI is InChI=1S/C23H27ClN2O5S.C3H6O2/c1-6-26(32(28,29)18-8-10-21-19(12-18)15(2)14-30-21)20-9-7-17(24)11-16(20)13-25-22(27)31-23(3,4)5;1-2-5-3-4/h7-12,14H,6,13H2,1-5H3,(H,25,27);3H,2H2,1H3. The summed E-state index contributed by atoms with van der Waals surface area (Å²) in [4.78, 5) is 21.4. The first-order valence-electron chi connectivity index (χ1n) is 11.6. The number of aryl methyl sites for hydroxylation is 1. The third-order valence-corrected chi connectivity index (χ3v) is 7.10. The Bertz CT molecular complexity index is 1330. The quantitative estimate of drug-likeness (QED) is 0.350. The second-order valence-electron chi connectivity index (χ2n) is 8.93. The average Bonchev–Trinajstić information content (AvgIpc) is 3.19. The van der Waals surface area contributed by atoms with Crippen LogP contribution in [0, 0.1) is 6.92 Å². The first kappa shape index (κ1) is 30.0. The molecule has 3 rings (SSSR count). The highest BCUT2D eigenvalue weighted by Crippen LogP contribution is 2.31. The lowest BCUT2D eigenvalue weighted by Crippen LogP contribution is -2.34. The van der Waals surface area contributed by atoms with Crippen LogP contribution in [-0.2, 0) is 30.8 Å². The minimum Gasteiger partial charge on any atom is -0.468 e. The van der Waals surface area contributed by atoms with Gasteiger partial charge in [-0.1, -0.05) is 11.6 Å². The number of ether oxygens (including phenoxy) is 2. The minimum atomic E-state index is -3.89. The number of furan rings is 1. The number of carbonyl (C=O) groups is 2. The molecule has 3 aromatic rings. The van der Waals surface area contributed by atoms with Gasteiger partial charge in [0.15, 0.2) is 0 Å². The lowest BCUT2D eigenvalue weighted by atomic mass is 10.1. The normalized spacial score (nSPS) is 11.3. The van der Waals surface area contributed by atoms with Gasteiger partial charge in [-0.3, -0.25) is 9.10 Å². The Morgan fingerprint density at radius 2 is 1.86 bits per heavy atom. The van der Waals surface area contributed by atoms with Crippen LogP contribution < -0.4 is 9.62 Å². The molecule has 0 aliphatic carbocycles. The predicted octanol–water partition coefficient (Wildman–Crippen LogP) is 5.81. The number of hydrogen-bond acceptors (Lipinski definition) is 7. The van der Waals surface area contributed by atoms with Crippen molar-refractivity contribution in [1.29, 1.82) is 0 Å². The summed E-state index contributed by atoms with van der Waals surface area (Å²) in [6.07, 6.45) is 0.994. The molecule has 0 aliphatic heterocycles. The van der Waals surface area contributed by atoms with Crippen molar-refractivity contribution < 1.29 is 31.9 Å². The zero-order valence-electron chi connectivity index (χ0n) is 21.8. The summed E-state index contributed by atoms with van der Waals surface area (Å²) in [5.41, 5.74) is 1.81. The fourth-order valence-electron chi connectivity index (χ4n) is 3.38. The molecule has 1 N–H and O–H groups in total. The molecule has 0 saturated heterocycles. The second kappa shape index (κ2) is 12.8. The van der Waals surface area contributed by atoms with Crippen molar-refractivity contribution in [2.75, 3.05) is 17.5 Å². The first-order valence-corrected chi connectivity index (χ1v) is 13.5. The number of rotatable bonds is 8. The maximum absolute atomic E-state index is 13.6. The topological polar surface area (TPSA) is 115 Å². The van der Waals surface area contributed by atoms with Crippen LogP contribution in [0.15, 0.2) is 52.0 Å². The summed E-state index contributed by atoms with van der Waals surface area (Å²) in [5.74, 6) is 0. The summed E-state index contributed by atoms with van der Waals surface area (Å²) in [7, 11) is -3.89. The van der Waals surface area contributed by atoms with Gasteiger partial charge < -0.3 is 19.2 Å². The van der Waals surface area contributed by atoms with Crippen molar-refractivity contribution in [2.45, 2.75) is 58.6 Å². The number of sulfonamides is 1. The Labute approximate surface area is 222 Å². The number of nitrogens with one attached hydrogen (secondary N) is 1. The highest BCUT2D eigenvalue weighted by atomic mass is 35.5.